The number of hydrogen-bond donors (Lipinski definition) is 3. The van der Waals surface area contributed by atoms with Gasteiger partial charge >= 0.3 is 5.97 Å². The van der Waals surface area contributed by atoms with E-state index in [1.165, 1.54) is 24.3 Å². The molecule has 26 heavy (non-hydrogen) atoms. The van der Waals surface area contributed by atoms with Crippen LogP contribution in [0.2, 0.25) is 0 Å². The van der Waals surface area contributed by atoms with Crippen LogP contribution in [-0.4, -0.2) is 17.0 Å². The van der Waals surface area contributed by atoms with Crippen LogP contribution in [0.3, 0.4) is 0 Å². The number of nitriles is 1. The second-order valence-electron chi connectivity index (χ2n) is 4.87. The van der Waals surface area contributed by atoms with Gasteiger partial charge in [-0.2, -0.15) is 5.26 Å². The molecule has 0 radical (unpaired) electrons. The monoisotopic (exact) mass is 361 g/mol. The molecule has 0 aliphatic rings. The molecular weight excluding hydrogens is 351 g/mol. The number of amides is 1. The minimum Gasteiger partial charge on any atom is -0.478 e. The lowest BCUT2D eigenvalue weighted by atomic mass is 10.2. The Hall–Kier alpha value is -3.80. The molecule has 0 bridgehead atoms. The molecule has 0 aliphatic heterocycles. The quantitative estimate of drug-likeness (QED) is 0.431. The first kappa shape index (κ1) is 18.5. The minimum absolute atomic E-state index is 0.00882. The highest BCUT2D eigenvalue weighted by Gasteiger charge is 2.14. The summed E-state index contributed by atoms with van der Waals surface area (Å²) in [4.78, 5) is 22.8. The lowest BCUT2D eigenvalue weighted by molar-refractivity contribution is -0.112. The maximum absolute atomic E-state index is 13.5. The number of nitrogens with one attached hydrogen (secondary N) is 2. The third-order valence-corrected chi connectivity index (χ3v) is 3.16. The van der Waals surface area contributed by atoms with E-state index in [1.807, 2.05) is 0 Å². The summed E-state index contributed by atoms with van der Waals surface area (Å²) < 4.78 is 39.5. The van der Waals surface area contributed by atoms with E-state index < -0.39 is 40.6 Å². The molecule has 132 valence electrons. The normalized spacial score (nSPS) is 10.8. The number of aromatic carboxylic acids is 1. The zero-order valence-electron chi connectivity index (χ0n) is 12.9. The van der Waals surface area contributed by atoms with Crippen molar-refractivity contribution in [2.24, 2.45) is 0 Å². The molecule has 0 atom stereocenters. The van der Waals surface area contributed by atoms with Gasteiger partial charge in [-0.25, -0.2) is 18.0 Å². The molecule has 0 saturated carbocycles. The van der Waals surface area contributed by atoms with E-state index >= 15 is 0 Å². The second-order valence-corrected chi connectivity index (χ2v) is 4.87. The second kappa shape index (κ2) is 7.85. The van der Waals surface area contributed by atoms with Gasteiger partial charge in [0.25, 0.3) is 5.91 Å². The van der Waals surface area contributed by atoms with Crippen LogP contribution in [0.25, 0.3) is 0 Å². The van der Waals surface area contributed by atoms with Gasteiger partial charge in [0.05, 0.1) is 11.3 Å². The maximum atomic E-state index is 13.5. The Morgan fingerprint density at radius 2 is 1.69 bits per heavy atom. The zero-order valence-corrected chi connectivity index (χ0v) is 12.9. The number of rotatable bonds is 5. The number of anilines is 2. The van der Waals surface area contributed by atoms with Crippen molar-refractivity contribution in [3.63, 3.8) is 0 Å². The maximum Gasteiger partial charge on any atom is 0.335 e. The zero-order chi connectivity index (χ0) is 19.3. The van der Waals surface area contributed by atoms with Crippen molar-refractivity contribution >= 4 is 23.3 Å². The Kier molecular flexibility index (Phi) is 5.60. The molecule has 2 aromatic rings. The number of benzene rings is 2. The van der Waals surface area contributed by atoms with Crippen molar-refractivity contribution < 1.29 is 27.9 Å². The summed E-state index contributed by atoms with van der Waals surface area (Å²) >= 11 is 0. The number of halogens is 3. The van der Waals surface area contributed by atoms with E-state index in [2.05, 4.69) is 10.6 Å². The summed E-state index contributed by atoms with van der Waals surface area (Å²) in [6.07, 6.45) is 0.830. The van der Waals surface area contributed by atoms with Crippen molar-refractivity contribution in [1.82, 2.24) is 0 Å². The summed E-state index contributed by atoms with van der Waals surface area (Å²) in [7, 11) is 0. The fourth-order valence-electron chi connectivity index (χ4n) is 1.83. The van der Waals surface area contributed by atoms with Crippen molar-refractivity contribution in [3.05, 3.63) is 71.2 Å². The van der Waals surface area contributed by atoms with Crippen molar-refractivity contribution in [2.75, 3.05) is 10.6 Å². The van der Waals surface area contributed by atoms with E-state index in [0.717, 1.165) is 12.3 Å². The topological polar surface area (TPSA) is 102 Å². The lowest BCUT2D eigenvalue weighted by Crippen LogP contribution is -2.15. The summed E-state index contributed by atoms with van der Waals surface area (Å²) in [6, 6.07) is 8.30. The van der Waals surface area contributed by atoms with Crippen molar-refractivity contribution in [2.45, 2.75) is 0 Å². The Bertz CT molecular complexity index is 935. The molecule has 0 fully saturated rings. The van der Waals surface area contributed by atoms with Crippen LogP contribution in [-0.2, 0) is 4.79 Å². The molecule has 0 aromatic heterocycles. The van der Waals surface area contributed by atoms with E-state index in [0.29, 0.717) is 6.07 Å². The first-order chi connectivity index (χ1) is 12.3. The van der Waals surface area contributed by atoms with Crippen LogP contribution in [0.15, 0.2) is 48.2 Å². The molecule has 0 aliphatic carbocycles. The highest BCUT2D eigenvalue weighted by molar-refractivity contribution is 6.06. The Morgan fingerprint density at radius 3 is 2.27 bits per heavy atom. The predicted octanol–water partition coefficient (Wildman–Crippen LogP) is 3.26. The molecule has 3 N–H and O–H groups in total. The van der Waals surface area contributed by atoms with E-state index in [1.54, 1.807) is 6.07 Å². The van der Waals surface area contributed by atoms with Gasteiger partial charge in [0, 0.05) is 11.9 Å². The first-order valence-electron chi connectivity index (χ1n) is 6.98. The predicted molar refractivity (Wildman–Crippen MR) is 85.7 cm³/mol. The molecular formula is C17H10F3N3O3. The summed E-state index contributed by atoms with van der Waals surface area (Å²) in [6.45, 7) is 0. The van der Waals surface area contributed by atoms with Gasteiger partial charge in [0.1, 0.15) is 11.6 Å². The van der Waals surface area contributed by atoms with Crippen LogP contribution >= 0.6 is 0 Å². The van der Waals surface area contributed by atoms with Crippen LogP contribution in [0.5, 0.6) is 0 Å². The Morgan fingerprint density at radius 1 is 1.04 bits per heavy atom. The summed E-state index contributed by atoms with van der Waals surface area (Å²) in [5.74, 6) is -6.57. The number of carbonyl (C=O) groups is 2. The molecule has 0 spiro atoms. The molecule has 0 heterocycles. The van der Waals surface area contributed by atoms with E-state index in [9.17, 15) is 22.8 Å². The molecule has 1 amide bonds. The average molecular weight is 361 g/mol. The van der Waals surface area contributed by atoms with Crippen molar-refractivity contribution in [3.8, 4) is 6.07 Å². The Labute approximate surface area is 145 Å². The number of nitrogens with zero attached hydrogens (tertiary/aromatic N) is 1. The van der Waals surface area contributed by atoms with Gasteiger partial charge < -0.3 is 15.7 Å². The van der Waals surface area contributed by atoms with Gasteiger partial charge in [-0.1, -0.05) is 0 Å². The SMILES string of the molecule is N#C/C(=C/Nc1ccc(F)c(F)c1F)C(=O)Nc1ccc(C(=O)O)cc1. The molecule has 2 rings (SSSR count). The number of carboxylic acid groups (broad SMARTS) is 1. The summed E-state index contributed by atoms with van der Waals surface area (Å²) in [5.41, 5.74) is -0.707. The molecule has 9 heteroatoms. The highest BCUT2D eigenvalue weighted by Crippen LogP contribution is 2.20. The lowest BCUT2D eigenvalue weighted by Gasteiger charge is -2.07. The van der Waals surface area contributed by atoms with E-state index in [4.69, 9.17) is 10.4 Å². The molecule has 0 unspecified atom stereocenters. The number of carboxylic acids is 1. The van der Waals surface area contributed by atoms with Crippen LogP contribution in [0, 0.1) is 28.8 Å². The van der Waals surface area contributed by atoms with Crippen LogP contribution in [0.4, 0.5) is 24.5 Å². The molecule has 6 nitrogen and oxygen atoms in total. The van der Waals surface area contributed by atoms with Gasteiger partial charge in [-0.05, 0) is 36.4 Å². The third kappa shape index (κ3) is 4.18. The largest absolute Gasteiger partial charge is 0.478 e. The van der Waals surface area contributed by atoms with Gasteiger partial charge in [-0.15, -0.1) is 0 Å². The minimum atomic E-state index is -1.69. The first-order valence-corrected chi connectivity index (χ1v) is 6.98. The van der Waals surface area contributed by atoms with Gasteiger partial charge in [0.15, 0.2) is 17.5 Å². The van der Waals surface area contributed by atoms with Gasteiger partial charge in [-0.3, -0.25) is 4.79 Å². The molecule has 2 aromatic carbocycles. The number of hydrogen-bond acceptors (Lipinski definition) is 4. The fraction of sp³-hybridized carbons (Fsp3) is 0. The summed E-state index contributed by atoms with van der Waals surface area (Å²) in [5, 5.41) is 22.4. The average Bonchev–Trinajstić information content (AvgIpc) is 2.62. The van der Waals surface area contributed by atoms with E-state index in [-0.39, 0.29) is 11.3 Å². The standard InChI is InChI=1S/C17H10F3N3O3/c18-12-5-6-13(15(20)14(12)19)22-8-10(7-21)16(24)23-11-3-1-9(2-4-11)17(25)26/h1-6,8,22H,(H,23,24)(H,25,26)/b10-8-. The van der Waals surface area contributed by atoms with Crippen molar-refractivity contribution in [1.29, 1.82) is 5.26 Å². The van der Waals surface area contributed by atoms with Gasteiger partial charge in [0.2, 0.25) is 0 Å². The third-order valence-electron chi connectivity index (χ3n) is 3.16. The Balaban J connectivity index is 2.13. The molecule has 0 saturated heterocycles. The van der Waals surface area contributed by atoms with Crippen LogP contribution < -0.4 is 10.6 Å². The van der Waals surface area contributed by atoms with Crippen LogP contribution in [0.1, 0.15) is 10.4 Å². The highest BCUT2D eigenvalue weighted by atomic mass is 19.2. The fourth-order valence-corrected chi connectivity index (χ4v) is 1.83. The smallest absolute Gasteiger partial charge is 0.335 e. The number of carbonyl (C=O) groups excluding carboxylic acids is 1.